The first-order valence-corrected chi connectivity index (χ1v) is 10.2. The van der Waals surface area contributed by atoms with Crippen molar-refractivity contribution < 1.29 is 23.5 Å². The summed E-state index contributed by atoms with van der Waals surface area (Å²) in [5.41, 5.74) is 2.17. The molecule has 1 saturated heterocycles. The number of carbonyl (C=O) groups excluding carboxylic acids is 2. The maximum Gasteiger partial charge on any atom is 0.254 e. The Bertz CT molecular complexity index is 986. The molecule has 0 spiro atoms. The van der Waals surface area contributed by atoms with Gasteiger partial charge in [-0.1, -0.05) is 30.3 Å². The Morgan fingerprint density at radius 2 is 1.83 bits per heavy atom. The summed E-state index contributed by atoms with van der Waals surface area (Å²) < 4.78 is 25.1. The van der Waals surface area contributed by atoms with Crippen LogP contribution in [-0.2, 0) is 4.74 Å². The number of hydrogen-bond acceptors (Lipinski definition) is 4. The summed E-state index contributed by atoms with van der Waals surface area (Å²) in [5, 5.41) is 5.65. The van der Waals surface area contributed by atoms with Crippen LogP contribution in [0.2, 0.25) is 0 Å². The Labute approximate surface area is 173 Å². The van der Waals surface area contributed by atoms with Gasteiger partial charge in [-0.3, -0.25) is 9.59 Å². The first-order valence-electron chi connectivity index (χ1n) is 10.2. The van der Waals surface area contributed by atoms with Gasteiger partial charge in [-0.25, -0.2) is 4.39 Å². The summed E-state index contributed by atoms with van der Waals surface area (Å²) in [6.45, 7) is 0.644. The molecule has 156 valence electrons. The molecule has 5 rings (SSSR count). The number of ether oxygens (including phenoxy) is 2. The minimum absolute atomic E-state index is 0.114. The number of carbonyl (C=O) groups is 2. The molecule has 2 aliphatic heterocycles. The number of benzene rings is 2. The summed E-state index contributed by atoms with van der Waals surface area (Å²) in [4.78, 5) is 25.5. The van der Waals surface area contributed by atoms with Gasteiger partial charge in [-0.15, -0.1) is 0 Å². The van der Waals surface area contributed by atoms with Crippen LogP contribution in [0, 0.1) is 11.8 Å². The number of nitrogens with one attached hydrogen (secondary N) is 2. The second-order valence-electron chi connectivity index (χ2n) is 8.08. The standard InChI is InChI=1S/C23H23FN2O4/c1-25-23(28)15-8-13(22(27)26-20-16-10-29-11-17(16)20)7-14-19(12-5-3-2-4-6-12)18(9-24)30-21(14)15/h2-8,16-20H,9-11H2,1H3,(H,25,28)(H,26,27)/t16-,17?,18+,19-,20?/m0/s1. The highest BCUT2D eigenvalue weighted by Gasteiger charge is 2.54. The van der Waals surface area contributed by atoms with E-state index >= 15 is 0 Å². The van der Waals surface area contributed by atoms with Crippen LogP contribution in [0.25, 0.3) is 0 Å². The van der Waals surface area contributed by atoms with E-state index in [-0.39, 0.29) is 23.4 Å². The SMILES string of the molecule is CNC(=O)c1cc(C(=O)NC2C3COC[C@@H]32)cc2c1O[C@H](CF)[C@H]2c1ccccc1. The van der Waals surface area contributed by atoms with E-state index in [4.69, 9.17) is 9.47 Å². The molecule has 0 bridgehead atoms. The van der Waals surface area contributed by atoms with E-state index in [0.717, 1.165) is 5.56 Å². The van der Waals surface area contributed by atoms with Crippen molar-refractivity contribution in [2.24, 2.45) is 11.8 Å². The third kappa shape index (κ3) is 3.04. The Balaban J connectivity index is 1.54. The van der Waals surface area contributed by atoms with E-state index in [1.54, 1.807) is 6.07 Å². The van der Waals surface area contributed by atoms with Gasteiger partial charge in [0.15, 0.2) is 0 Å². The molecule has 2 amide bonds. The largest absolute Gasteiger partial charge is 0.486 e. The lowest BCUT2D eigenvalue weighted by atomic mass is 9.86. The van der Waals surface area contributed by atoms with Crippen molar-refractivity contribution in [2.45, 2.75) is 18.1 Å². The molecular weight excluding hydrogens is 387 g/mol. The maximum atomic E-state index is 13.9. The zero-order chi connectivity index (χ0) is 20.8. The number of halogens is 1. The predicted octanol–water partition coefficient (Wildman–Crippen LogP) is 2.28. The highest BCUT2D eigenvalue weighted by Crippen LogP contribution is 2.46. The van der Waals surface area contributed by atoms with Gasteiger partial charge in [-0.05, 0) is 17.7 Å². The normalized spacial score (nSPS) is 28.3. The van der Waals surface area contributed by atoms with Crippen LogP contribution < -0.4 is 15.4 Å². The first kappa shape index (κ1) is 19.1. The summed E-state index contributed by atoms with van der Waals surface area (Å²) in [6.07, 6.45) is -0.746. The molecule has 2 aromatic carbocycles. The van der Waals surface area contributed by atoms with Crippen molar-refractivity contribution >= 4 is 11.8 Å². The average molecular weight is 410 g/mol. The fourth-order valence-corrected chi connectivity index (χ4v) is 4.73. The van der Waals surface area contributed by atoms with E-state index in [1.165, 1.54) is 13.1 Å². The summed E-state index contributed by atoms with van der Waals surface area (Å²) >= 11 is 0. The minimum Gasteiger partial charge on any atom is -0.486 e. The second kappa shape index (κ2) is 7.40. The van der Waals surface area contributed by atoms with Crippen LogP contribution >= 0.6 is 0 Å². The highest BCUT2D eigenvalue weighted by molar-refractivity contribution is 6.02. The van der Waals surface area contributed by atoms with Crippen LogP contribution in [0.5, 0.6) is 5.75 Å². The fraction of sp³-hybridized carbons (Fsp3) is 0.391. The number of alkyl halides is 1. The number of rotatable bonds is 5. The lowest BCUT2D eigenvalue weighted by Crippen LogP contribution is -2.30. The van der Waals surface area contributed by atoms with Gasteiger partial charge in [-0.2, -0.15) is 0 Å². The molecular formula is C23H23FN2O4. The van der Waals surface area contributed by atoms with Gasteiger partial charge in [0.25, 0.3) is 11.8 Å². The first-order chi connectivity index (χ1) is 14.6. The Hall–Kier alpha value is -2.93. The zero-order valence-corrected chi connectivity index (χ0v) is 16.6. The molecule has 2 N–H and O–H groups in total. The van der Waals surface area contributed by atoms with E-state index < -0.39 is 18.7 Å². The molecule has 6 nitrogen and oxygen atoms in total. The third-order valence-corrected chi connectivity index (χ3v) is 6.39. The molecule has 1 saturated carbocycles. The maximum absolute atomic E-state index is 13.9. The molecule has 7 heteroatoms. The van der Waals surface area contributed by atoms with Gasteiger partial charge < -0.3 is 20.1 Å². The topological polar surface area (TPSA) is 76.7 Å². The third-order valence-electron chi connectivity index (χ3n) is 6.39. The van der Waals surface area contributed by atoms with E-state index in [2.05, 4.69) is 10.6 Å². The molecule has 0 aromatic heterocycles. The smallest absolute Gasteiger partial charge is 0.254 e. The van der Waals surface area contributed by atoms with E-state index in [1.807, 2.05) is 30.3 Å². The fourth-order valence-electron chi connectivity index (χ4n) is 4.73. The van der Waals surface area contributed by atoms with E-state index in [0.29, 0.717) is 41.9 Å². The van der Waals surface area contributed by atoms with Gasteiger partial charge in [0.2, 0.25) is 0 Å². The van der Waals surface area contributed by atoms with Crippen LogP contribution in [0.3, 0.4) is 0 Å². The van der Waals surface area contributed by atoms with Crippen LogP contribution in [0.1, 0.15) is 37.8 Å². The summed E-state index contributed by atoms with van der Waals surface area (Å²) in [6, 6.07) is 12.8. The second-order valence-corrected chi connectivity index (χ2v) is 8.08. The van der Waals surface area contributed by atoms with Crippen molar-refractivity contribution in [3.63, 3.8) is 0 Å². The molecule has 2 fully saturated rings. The van der Waals surface area contributed by atoms with Gasteiger partial charge >= 0.3 is 0 Å². The molecule has 5 atom stereocenters. The van der Waals surface area contributed by atoms with Gasteiger partial charge in [0, 0.05) is 36.1 Å². The number of hydrogen-bond donors (Lipinski definition) is 2. The van der Waals surface area contributed by atoms with Gasteiger partial charge in [0.05, 0.1) is 24.7 Å². The Morgan fingerprint density at radius 3 is 2.50 bits per heavy atom. The summed E-state index contributed by atoms with van der Waals surface area (Å²) in [7, 11) is 1.52. The monoisotopic (exact) mass is 410 g/mol. The van der Waals surface area contributed by atoms with E-state index in [9.17, 15) is 14.0 Å². The lowest BCUT2D eigenvalue weighted by Gasteiger charge is -2.16. The van der Waals surface area contributed by atoms with Crippen LogP contribution in [0.15, 0.2) is 42.5 Å². The summed E-state index contributed by atoms with van der Waals surface area (Å²) in [5.74, 6) is 0.0909. The predicted molar refractivity (Wildman–Crippen MR) is 108 cm³/mol. The number of fused-ring (bicyclic) bond motifs is 2. The Kier molecular flexibility index (Phi) is 4.70. The quantitative estimate of drug-likeness (QED) is 0.793. The zero-order valence-electron chi connectivity index (χ0n) is 16.6. The molecule has 30 heavy (non-hydrogen) atoms. The molecule has 2 aromatic rings. The van der Waals surface area contributed by atoms with Crippen molar-refractivity contribution in [3.8, 4) is 5.75 Å². The molecule has 1 aliphatic carbocycles. The molecule has 2 unspecified atom stereocenters. The van der Waals surface area contributed by atoms with Crippen LogP contribution in [0.4, 0.5) is 4.39 Å². The lowest BCUT2D eigenvalue weighted by molar-refractivity contribution is 0.0929. The van der Waals surface area contributed by atoms with Crippen molar-refractivity contribution in [1.82, 2.24) is 10.6 Å². The average Bonchev–Trinajstić information content (AvgIpc) is 3.14. The van der Waals surface area contributed by atoms with Crippen LogP contribution in [-0.4, -0.2) is 50.9 Å². The molecule has 2 heterocycles. The minimum atomic E-state index is -0.746. The molecule has 0 radical (unpaired) electrons. The highest BCUT2D eigenvalue weighted by atomic mass is 19.1. The Morgan fingerprint density at radius 1 is 1.10 bits per heavy atom. The van der Waals surface area contributed by atoms with Crippen molar-refractivity contribution in [3.05, 3.63) is 64.7 Å². The van der Waals surface area contributed by atoms with Gasteiger partial charge in [0.1, 0.15) is 18.5 Å². The molecule has 3 aliphatic rings. The van der Waals surface area contributed by atoms with Crippen molar-refractivity contribution in [2.75, 3.05) is 26.9 Å². The van der Waals surface area contributed by atoms with Crippen molar-refractivity contribution in [1.29, 1.82) is 0 Å². The number of amides is 2.